The molecule has 15 heavy (non-hydrogen) atoms. The summed E-state index contributed by atoms with van der Waals surface area (Å²) in [5.74, 6) is 0. The van der Waals surface area contributed by atoms with E-state index in [0.29, 0.717) is 10.6 Å². The van der Waals surface area contributed by atoms with E-state index in [-0.39, 0.29) is 0 Å². The predicted octanol–water partition coefficient (Wildman–Crippen LogP) is 1.46. The topological polar surface area (TPSA) is 55.7 Å². The Bertz CT molecular complexity index is 460. The van der Waals surface area contributed by atoms with Gasteiger partial charge in [0.2, 0.25) is 0 Å². The molecule has 0 heterocycles. The summed E-state index contributed by atoms with van der Waals surface area (Å²) in [5, 5.41) is 3.75. The molecule has 0 unspecified atom stereocenters. The fourth-order valence-electron chi connectivity index (χ4n) is 1.13. The van der Waals surface area contributed by atoms with Crippen molar-refractivity contribution in [2.24, 2.45) is 5.16 Å². The molecule has 1 aromatic rings. The molecule has 0 amide bonds. The Balaban J connectivity index is 3.06. The molecule has 0 atom stereocenters. The minimum atomic E-state index is -3.13. The minimum absolute atomic E-state index is 0.302. The van der Waals surface area contributed by atoms with Gasteiger partial charge < -0.3 is 4.84 Å². The summed E-state index contributed by atoms with van der Waals surface area (Å²) in [6, 6.07) is 6.52. The fourth-order valence-corrected chi connectivity index (χ4v) is 1.76. The fraction of sp³-hybridized carbons (Fsp3) is 0.300. The number of hydrogen-bond donors (Lipinski definition) is 0. The van der Waals surface area contributed by atoms with Gasteiger partial charge in [-0.05, 0) is 24.6 Å². The van der Waals surface area contributed by atoms with Gasteiger partial charge >= 0.3 is 0 Å². The smallest absolute Gasteiger partial charge is 0.175 e. The molecule has 0 aliphatic heterocycles. The van der Waals surface area contributed by atoms with E-state index < -0.39 is 9.84 Å². The normalized spacial score (nSPS) is 12.6. The Morgan fingerprint density at radius 3 is 2.20 bits per heavy atom. The predicted molar refractivity (Wildman–Crippen MR) is 58.8 cm³/mol. The van der Waals surface area contributed by atoms with Crippen LogP contribution in [0.5, 0.6) is 0 Å². The van der Waals surface area contributed by atoms with Gasteiger partial charge in [0.05, 0.1) is 10.6 Å². The van der Waals surface area contributed by atoms with Crippen LogP contribution in [0.25, 0.3) is 0 Å². The molecule has 5 heteroatoms. The largest absolute Gasteiger partial charge is 0.399 e. The summed E-state index contributed by atoms with van der Waals surface area (Å²) in [7, 11) is -1.66. The van der Waals surface area contributed by atoms with Crippen molar-refractivity contribution in [2.75, 3.05) is 13.4 Å². The summed E-state index contributed by atoms with van der Waals surface area (Å²) in [4.78, 5) is 4.93. The van der Waals surface area contributed by atoms with Crippen LogP contribution in [0.1, 0.15) is 12.5 Å². The van der Waals surface area contributed by atoms with Crippen molar-refractivity contribution in [2.45, 2.75) is 11.8 Å². The van der Waals surface area contributed by atoms with Crippen molar-refractivity contribution in [3.8, 4) is 0 Å². The summed E-state index contributed by atoms with van der Waals surface area (Å²) in [6.07, 6.45) is 1.18. The summed E-state index contributed by atoms with van der Waals surface area (Å²) in [6.45, 7) is 1.79. The molecule has 0 aliphatic carbocycles. The number of benzene rings is 1. The third-order valence-electron chi connectivity index (χ3n) is 1.93. The molecule has 0 aliphatic rings. The van der Waals surface area contributed by atoms with Gasteiger partial charge in [-0.15, -0.1) is 0 Å². The quantitative estimate of drug-likeness (QED) is 0.580. The second-order valence-electron chi connectivity index (χ2n) is 3.16. The van der Waals surface area contributed by atoms with E-state index in [1.54, 1.807) is 31.2 Å². The van der Waals surface area contributed by atoms with Gasteiger partial charge in [0.15, 0.2) is 9.84 Å². The summed E-state index contributed by atoms with van der Waals surface area (Å²) in [5.41, 5.74) is 1.54. The molecule has 0 spiro atoms. The molecule has 0 bridgehead atoms. The zero-order valence-electron chi connectivity index (χ0n) is 8.89. The molecule has 4 nitrogen and oxygen atoms in total. The standard InChI is InChI=1S/C10H13NO3S/c1-8(11-14-2)9-4-6-10(7-5-9)15(3,12)13/h4-7H,1-3H3. The lowest BCUT2D eigenvalue weighted by Gasteiger charge is -2.01. The van der Waals surface area contributed by atoms with Gasteiger partial charge in [0, 0.05) is 6.26 Å². The highest BCUT2D eigenvalue weighted by Crippen LogP contribution is 2.11. The highest BCUT2D eigenvalue weighted by atomic mass is 32.2. The second-order valence-corrected chi connectivity index (χ2v) is 5.17. The minimum Gasteiger partial charge on any atom is -0.399 e. The lowest BCUT2D eigenvalue weighted by Crippen LogP contribution is -1.99. The molecule has 1 rings (SSSR count). The van der Waals surface area contributed by atoms with Crippen LogP contribution in [-0.2, 0) is 14.7 Å². The van der Waals surface area contributed by atoms with E-state index in [2.05, 4.69) is 9.99 Å². The maximum Gasteiger partial charge on any atom is 0.175 e. The van der Waals surface area contributed by atoms with Crippen LogP contribution in [-0.4, -0.2) is 27.5 Å². The van der Waals surface area contributed by atoms with Crippen molar-refractivity contribution in [3.05, 3.63) is 29.8 Å². The monoisotopic (exact) mass is 227 g/mol. The lowest BCUT2D eigenvalue weighted by atomic mass is 10.1. The molecular weight excluding hydrogens is 214 g/mol. The highest BCUT2D eigenvalue weighted by molar-refractivity contribution is 7.90. The van der Waals surface area contributed by atoms with E-state index >= 15 is 0 Å². The SMILES string of the molecule is CON=C(C)c1ccc(S(C)(=O)=O)cc1. The van der Waals surface area contributed by atoms with Crippen LogP contribution in [0.2, 0.25) is 0 Å². The van der Waals surface area contributed by atoms with Gasteiger partial charge in [0.25, 0.3) is 0 Å². The van der Waals surface area contributed by atoms with Crippen molar-refractivity contribution in [1.82, 2.24) is 0 Å². The molecule has 0 radical (unpaired) electrons. The van der Waals surface area contributed by atoms with Gasteiger partial charge in [-0.3, -0.25) is 0 Å². The molecular formula is C10H13NO3S. The molecule has 0 saturated heterocycles. The Morgan fingerprint density at radius 1 is 1.27 bits per heavy atom. The highest BCUT2D eigenvalue weighted by Gasteiger charge is 2.06. The average molecular weight is 227 g/mol. The number of hydrogen-bond acceptors (Lipinski definition) is 4. The van der Waals surface area contributed by atoms with E-state index in [1.165, 1.54) is 13.4 Å². The molecule has 0 saturated carbocycles. The van der Waals surface area contributed by atoms with Crippen LogP contribution < -0.4 is 0 Å². The third-order valence-corrected chi connectivity index (χ3v) is 3.06. The average Bonchev–Trinajstić information content (AvgIpc) is 2.17. The second kappa shape index (κ2) is 4.44. The van der Waals surface area contributed by atoms with E-state index in [9.17, 15) is 8.42 Å². The molecule has 0 fully saturated rings. The molecule has 0 aromatic heterocycles. The molecule has 82 valence electrons. The first kappa shape index (κ1) is 11.7. The van der Waals surface area contributed by atoms with E-state index in [4.69, 9.17) is 0 Å². The van der Waals surface area contributed by atoms with Gasteiger partial charge in [-0.2, -0.15) is 0 Å². The van der Waals surface area contributed by atoms with E-state index in [1.807, 2.05) is 0 Å². The van der Waals surface area contributed by atoms with Crippen LogP contribution >= 0.6 is 0 Å². The van der Waals surface area contributed by atoms with Crippen LogP contribution in [0.4, 0.5) is 0 Å². The van der Waals surface area contributed by atoms with Gasteiger partial charge in [0.1, 0.15) is 7.11 Å². The molecule has 1 aromatic carbocycles. The van der Waals surface area contributed by atoms with Gasteiger partial charge in [-0.25, -0.2) is 8.42 Å². The summed E-state index contributed by atoms with van der Waals surface area (Å²) >= 11 is 0. The maximum atomic E-state index is 11.2. The third kappa shape index (κ3) is 3.06. The van der Waals surface area contributed by atoms with Crippen LogP contribution in [0.15, 0.2) is 34.3 Å². The Kier molecular flexibility index (Phi) is 3.47. The summed E-state index contributed by atoms with van der Waals surface area (Å²) < 4.78 is 22.4. The van der Waals surface area contributed by atoms with Crippen molar-refractivity contribution in [1.29, 1.82) is 0 Å². The first-order valence-corrected chi connectivity index (χ1v) is 6.22. The Labute approximate surface area is 89.5 Å². The van der Waals surface area contributed by atoms with Crippen LogP contribution in [0.3, 0.4) is 0 Å². The van der Waals surface area contributed by atoms with Crippen molar-refractivity contribution in [3.63, 3.8) is 0 Å². The maximum absolute atomic E-state index is 11.2. The zero-order chi connectivity index (χ0) is 11.5. The van der Waals surface area contributed by atoms with Crippen LogP contribution in [0, 0.1) is 0 Å². The Hall–Kier alpha value is -1.36. The number of rotatable bonds is 3. The first-order valence-electron chi connectivity index (χ1n) is 4.33. The number of sulfone groups is 1. The number of nitrogens with zero attached hydrogens (tertiary/aromatic N) is 1. The Morgan fingerprint density at radius 2 is 1.80 bits per heavy atom. The lowest BCUT2D eigenvalue weighted by molar-refractivity contribution is 0.213. The number of oxime groups is 1. The first-order chi connectivity index (χ1) is 6.95. The van der Waals surface area contributed by atoms with Crippen molar-refractivity contribution < 1.29 is 13.3 Å². The molecule has 0 N–H and O–H groups in total. The van der Waals surface area contributed by atoms with Gasteiger partial charge in [-0.1, -0.05) is 17.3 Å². The zero-order valence-corrected chi connectivity index (χ0v) is 9.71. The van der Waals surface area contributed by atoms with Crippen molar-refractivity contribution >= 4 is 15.5 Å². The van der Waals surface area contributed by atoms with E-state index in [0.717, 1.165) is 5.56 Å².